The number of aromatic nitrogens is 2. The second-order valence-electron chi connectivity index (χ2n) is 10.3. The minimum atomic E-state index is 0.118. The topological polar surface area (TPSA) is 96.9 Å². The summed E-state index contributed by atoms with van der Waals surface area (Å²) in [6.45, 7) is 7.20. The number of nitrogens with zero attached hydrogens (tertiary/aromatic N) is 5. The molecule has 5 heterocycles. The molecule has 1 amide bonds. The fourth-order valence-electron chi connectivity index (χ4n) is 6.28. The molecule has 1 aromatic heterocycles. The Kier molecular flexibility index (Phi) is 6.20. The summed E-state index contributed by atoms with van der Waals surface area (Å²) in [5, 5.41) is 25.9. The Bertz CT molecular complexity index is 1070. The molecule has 35 heavy (non-hydrogen) atoms. The van der Waals surface area contributed by atoms with E-state index in [4.69, 9.17) is 0 Å². The van der Waals surface area contributed by atoms with Gasteiger partial charge in [0.05, 0.1) is 23.3 Å². The molecular formula is C26H35N7O2. The molecule has 4 aliphatic rings. The van der Waals surface area contributed by atoms with Crippen molar-refractivity contribution in [3.05, 3.63) is 30.3 Å². The zero-order valence-electron chi connectivity index (χ0n) is 20.2. The Morgan fingerprint density at radius 3 is 2.71 bits per heavy atom. The lowest BCUT2D eigenvalue weighted by atomic mass is 9.92. The van der Waals surface area contributed by atoms with Crippen LogP contribution in [0.1, 0.15) is 25.7 Å². The van der Waals surface area contributed by atoms with Crippen molar-refractivity contribution >= 4 is 17.4 Å². The smallest absolute Gasteiger partial charge is 0.227 e. The average Bonchev–Trinajstić information content (AvgIpc) is 2.93. The Balaban J connectivity index is 1.14. The van der Waals surface area contributed by atoms with Crippen LogP contribution in [-0.2, 0) is 4.79 Å². The standard InChI is InChI=1S/C26H35N7O2/c34-24-6-2-1-5-21(24)22-14-23-25(30-29-22)28-15-20-17-32(12-13-33(20)23)26(35)18-4-3-11-31(16-18)19-7-9-27-10-8-19/h1-2,5-6,14,18-20,27,34H,3-4,7-13,15-17H2,(H,28,30)/t18-,20-/m0/s1. The van der Waals surface area contributed by atoms with E-state index in [1.165, 1.54) is 12.8 Å². The summed E-state index contributed by atoms with van der Waals surface area (Å²) < 4.78 is 0. The highest BCUT2D eigenvalue weighted by Gasteiger charge is 2.38. The second-order valence-corrected chi connectivity index (χ2v) is 10.3. The first-order chi connectivity index (χ1) is 17.2. The van der Waals surface area contributed by atoms with Crippen molar-refractivity contribution in [1.29, 1.82) is 0 Å². The maximum Gasteiger partial charge on any atom is 0.227 e. The highest BCUT2D eigenvalue weighted by molar-refractivity contribution is 5.81. The van der Waals surface area contributed by atoms with E-state index in [1.54, 1.807) is 12.1 Å². The van der Waals surface area contributed by atoms with E-state index in [0.717, 1.165) is 76.7 Å². The summed E-state index contributed by atoms with van der Waals surface area (Å²) in [7, 11) is 0. The van der Waals surface area contributed by atoms with Crippen LogP contribution in [0.5, 0.6) is 5.75 Å². The monoisotopic (exact) mass is 477 g/mol. The Morgan fingerprint density at radius 2 is 1.86 bits per heavy atom. The number of anilines is 2. The maximum absolute atomic E-state index is 13.6. The lowest BCUT2D eigenvalue weighted by Crippen LogP contribution is -2.60. The fraction of sp³-hybridized carbons (Fsp3) is 0.577. The number of piperidine rings is 2. The molecule has 9 nitrogen and oxygen atoms in total. The van der Waals surface area contributed by atoms with Crippen LogP contribution in [-0.4, -0.2) is 95.5 Å². The van der Waals surface area contributed by atoms with E-state index in [-0.39, 0.29) is 17.7 Å². The van der Waals surface area contributed by atoms with Crippen LogP contribution in [0.2, 0.25) is 0 Å². The molecule has 3 saturated heterocycles. The number of hydrogen-bond donors (Lipinski definition) is 3. The molecule has 0 radical (unpaired) electrons. The molecule has 6 rings (SSSR count). The minimum absolute atomic E-state index is 0.118. The van der Waals surface area contributed by atoms with Gasteiger partial charge in [-0.25, -0.2) is 0 Å². The molecule has 0 saturated carbocycles. The third-order valence-electron chi connectivity index (χ3n) is 8.19. The molecule has 9 heteroatoms. The van der Waals surface area contributed by atoms with E-state index >= 15 is 0 Å². The van der Waals surface area contributed by atoms with E-state index in [0.29, 0.717) is 23.2 Å². The third kappa shape index (κ3) is 4.43. The summed E-state index contributed by atoms with van der Waals surface area (Å²) in [4.78, 5) is 20.6. The van der Waals surface area contributed by atoms with E-state index in [2.05, 4.69) is 35.5 Å². The number of amides is 1. The third-order valence-corrected chi connectivity index (χ3v) is 8.19. The Labute approximate surface area is 206 Å². The Hall–Kier alpha value is -2.91. The van der Waals surface area contributed by atoms with Gasteiger partial charge in [0, 0.05) is 44.3 Å². The van der Waals surface area contributed by atoms with Gasteiger partial charge in [-0.3, -0.25) is 9.69 Å². The second kappa shape index (κ2) is 9.62. The number of carbonyl (C=O) groups excluding carboxylic acids is 1. The number of likely N-dealkylation sites (tertiary alicyclic amines) is 1. The summed E-state index contributed by atoms with van der Waals surface area (Å²) in [6, 6.07) is 10.0. The number of benzene rings is 1. The number of carbonyl (C=O) groups is 1. The van der Waals surface area contributed by atoms with Crippen LogP contribution in [0.4, 0.5) is 11.5 Å². The maximum atomic E-state index is 13.6. The summed E-state index contributed by atoms with van der Waals surface area (Å²) in [5.41, 5.74) is 2.33. The lowest BCUT2D eigenvalue weighted by Gasteiger charge is -2.47. The van der Waals surface area contributed by atoms with E-state index in [1.807, 2.05) is 18.2 Å². The van der Waals surface area contributed by atoms with Gasteiger partial charge in [-0.15, -0.1) is 10.2 Å². The number of piperazine rings is 1. The van der Waals surface area contributed by atoms with Crippen molar-refractivity contribution in [3.63, 3.8) is 0 Å². The highest BCUT2D eigenvalue weighted by atomic mass is 16.3. The zero-order chi connectivity index (χ0) is 23.8. The van der Waals surface area contributed by atoms with Crippen molar-refractivity contribution < 1.29 is 9.90 Å². The van der Waals surface area contributed by atoms with Crippen LogP contribution >= 0.6 is 0 Å². The molecule has 4 aliphatic heterocycles. The molecule has 3 fully saturated rings. The van der Waals surface area contributed by atoms with E-state index in [9.17, 15) is 9.90 Å². The molecule has 0 spiro atoms. The first-order valence-electron chi connectivity index (χ1n) is 13.1. The first kappa shape index (κ1) is 22.5. The molecule has 2 atom stereocenters. The number of rotatable bonds is 3. The van der Waals surface area contributed by atoms with Gasteiger partial charge >= 0.3 is 0 Å². The van der Waals surface area contributed by atoms with Gasteiger partial charge in [-0.2, -0.15) is 0 Å². The average molecular weight is 478 g/mol. The van der Waals surface area contributed by atoms with Crippen molar-refractivity contribution in [3.8, 4) is 17.0 Å². The molecule has 0 bridgehead atoms. The largest absolute Gasteiger partial charge is 0.507 e. The quantitative estimate of drug-likeness (QED) is 0.616. The highest BCUT2D eigenvalue weighted by Crippen LogP contribution is 2.36. The SMILES string of the molecule is O=C([C@H]1CCCN(C2CCNCC2)C1)N1CCN2c3cc(-c4ccccc4O)nnc3NC[C@H]2C1. The van der Waals surface area contributed by atoms with Gasteiger partial charge in [0.2, 0.25) is 5.91 Å². The number of nitrogens with one attached hydrogen (secondary N) is 2. The van der Waals surface area contributed by atoms with Crippen molar-refractivity contribution in [2.75, 3.05) is 62.6 Å². The van der Waals surface area contributed by atoms with Crippen molar-refractivity contribution in [1.82, 2.24) is 25.3 Å². The number of fused-ring (bicyclic) bond motifs is 3. The van der Waals surface area contributed by atoms with Crippen molar-refractivity contribution in [2.24, 2.45) is 5.92 Å². The molecule has 186 valence electrons. The van der Waals surface area contributed by atoms with Gasteiger partial charge < -0.3 is 25.5 Å². The van der Waals surface area contributed by atoms with Crippen LogP contribution < -0.4 is 15.5 Å². The minimum Gasteiger partial charge on any atom is -0.507 e. The predicted molar refractivity (Wildman–Crippen MR) is 136 cm³/mol. The number of phenolic OH excluding ortho intramolecular Hbond substituents is 1. The number of hydrogen-bond acceptors (Lipinski definition) is 8. The fourth-order valence-corrected chi connectivity index (χ4v) is 6.28. The summed E-state index contributed by atoms with van der Waals surface area (Å²) >= 11 is 0. The van der Waals surface area contributed by atoms with E-state index < -0.39 is 0 Å². The number of para-hydroxylation sites is 1. The van der Waals surface area contributed by atoms with Gasteiger partial charge in [-0.05, 0) is 63.5 Å². The molecule has 3 N–H and O–H groups in total. The van der Waals surface area contributed by atoms with Crippen LogP contribution in [0.15, 0.2) is 30.3 Å². The molecular weight excluding hydrogens is 442 g/mol. The van der Waals surface area contributed by atoms with Gasteiger partial charge in [0.1, 0.15) is 5.75 Å². The van der Waals surface area contributed by atoms with Gasteiger partial charge in [0.25, 0.3) is 0 Å². The predicted octanol–water partition coefficient (Wildman–Crippen LogP) is 1.76. The van der Waals surface area contributed by atoms with Crippen LogP contribution in [0.3, 0.4) is 0 Å². The Morgan fingerprint density at radius 1 is 1.00 bits per heavy atom. The normalized spacial score (nSPS) is 25.5. The van der Waals surface area contributed by atoms with Crippen LogP contribution in [0.25, 0.3) is 11.3 Å². The number of aromatic hydroxyl groups is 1. The van der Waals surface area contributed by atoms with Gasteiger partial charge in [0.15, 0.2) is 5.82 Å². The molecule has 1 aromatic carbocycles. The van der Waals surface area contributed by atoms with Gasteiger partial charge in [-0.1, -0.05) is 12.1 Å². The van der Waals surface area contributed by atoms with Crippen LogP contribution in [0, 0.1) is 5.92 Å². The molecule has 0 unspecified atom stereocenters. The zero-order valence-corrected chi connectivity index (χ0v) is 20.2. The summed E-state index contributed by atoms with van der Waals surface area (Å²) in [6.07, 6.45) is 4.51. The molecule has 2 aromatic rings. The summed E-state index contributed by atoms with van der Waals surface area (Å²) in [5.74, 6) is 1.41. The number of phenols is 1. The molecule has 0 aliphatic carbocycles. The lowest BCUT2D eigenvalue weighted by molar-refractivity contribution is -0.138. The van der Waals surface area contributed by atoms with Crippen molar-refractivity contribution in [2.45, 2.75) is 37.8 Å². The first-order valence-corrected chi connectivity index (χ1v) is 13.1.